The number of hydrogen-bond acceptors (Lipinski definition) is 4. The molecule has 3 rings (SSSR count). The lowest BCUT2D eigenvalue weighted by Crippen LogP contribution is -2.15. The van der Waals surface area contributed by atoms with E-state index in [9.17, 15) is 9.59 Å². The molecule has 0 N–H and O–H groups in total. The van der Waals surface area contributed by atoms with Gasteiger partial charge in [-0.05, 0) is 64.2 Å². The smallest absolute Gasteiger partial charge is 0.340 e. The SMILES string of the molecule is CC(=O)Cc1c(C)c2ccc(OC3CCCC3)c(C)c2oc1=O. The van der Waals surface area contributed by atoms with Crippen molar-refractivity contribution in [3.63, 3.8) is 0 Å². The molecule has 23 heavy (non-hydrogen) atoms. The summed E-state index contributed by atoms with van der Waals surface area (Å²) in [6.07, 6.45) is 4.95. The predicted molar refractivity (Wildman–Crippen MR) is 89.2 cm³/mol. The van der Waals surface area contributed by atoms with E-state index < -0.39 is 5.63 Å². The molecule has 1 aliphatic rings. The van der Waals surface area contributed by atoms with Crippen LogP contribution < -0.4 is 10.4 Å². The first-order valence-electron chi connectivity index (χ1n) is 8.19. The van der Waals surface area contributed by atoms with Gasteiger partial charge in [0.15, 0.2) is 0 Å². The van der Waals surface area contributed by atoms with Gasteiger partial charge in [0.05, 0.1) is 6.10 Å². The van der Waals surface area contributed by atoms with E-state index in [1.54, 1.807) is 0 Å². The molecule has 1 saturated carbocycles. The lowest BCUT2D eigenvalue weighted by Gasteiger charge is -2.16. The van der Waals surface area contributed by atoms with Gasteiger partial charge in [-0.3, -0.25) is 4.79 Å². The molecule has 1 fully saturated rings. The Bertz CT molecular complexity index is 810. The van der Waals surface area contributed by atoms with Crippen LogP contribution in [0.2, 0.25) is 0 Å². The molecular weight excluding hydrogens is 292 g/mol. The van der Waals surface area contributed by atoms with E-state index in [1.807, 2.05) is 26.0 Å². The molecule has 1 heterocycles. The number of benzene rings is 1. The molecule has 0 spiro atoms. The minimum Gasteiger partial charge on any atom is -0.490 e. The molecule has 0 aliphatic heterocycles. The van der Waals surface area contributed by atoms with Crippen LogP contribution in [0.15, 0.2) is 21.3 Å². The van der Waals surface area contributed by atoms with Crippen LogP contribution in [-0.2, 0) is 11.2 Å². The summed E-state index contributed by atoms with van der Waals surface area (Å²) in [7, 11) is 0. The largest absolute Gasteiger partial charge is 0.490 e. The van der Waals surface area contributed by atoms with Gasteiger partial charge in [-0.1, -0.05) is 0 Å². The second-order valence-electron chi connectivity index (χ2n) is 6.46. The highest BCUT2D eigenvalue weighted by atomic mass is 16.5. The Hall–Kier alpha value is -2.10. The van der Waals surface area contributed by atoms with E-state index in [-0.39, 0.29) is 18.3 Å². The summed E-state index contributed by atoms with van der Waals surface area (Å²) >= 11 is 0. The summed E-state index contributed by atoms with van der Waals surface area (Å²) in [5.74, 6) is 0.740. The standard InChI is InChI=1S/C19H22O4/c1-11(20)10-16-12(2)15-8-9-17(22-14-6-4-5-7-14)13(3)18(15)23-19(16)21/h8-9,14H,4-7,10H2,1-3H3. The van der Waals surface area contributed by atoms with Gasteiger partial charge >= 0.3 is 5.63 Å². The van der Waals surface area contributed by atoms with Crippen LogP contribution in [0.1, 0.15) is 49.3 Å². The van der Waals surface area contributed by atoms with Gasteiger partial charge in [0.2, 0.25) is 0 Å². The van der Waals surface area contributed by atoms with Crippen LogP contribution >= 0.6 is 0 Å². The fourth-order valence-corrected chi connectivity index (χ4v) is 3.34. The fourth-order valence-electron chi connectivity index (χ4n) is 3.34. The van der Waals surface area contributed by atoms with Crippen molar-refractivity contribution in [2.75, 3.05) is 0 Å². The molecule has 1 aromatic heterocycles. The summed E-state index contributed by atoms with van der Waals surface area (Å²) < 4.78 is 11.6. The highest BCUT2D eigenvalue weighted by molar-refractivity contribution is 5.87. The molecule has 0 bridgehead atoms. The lowest BCUT2D eigenvalue weighted by molar-refractivity contribution is -0.116. The van der Waals surface area contributed by atoms with Gasteiger partial charge in [0.1, 0.15) is 17.1 Å². The lowest BCUT2D eigenvalue weighted by atomic mass is 10.0. The minimum atomic E-state index is -0.425. The Morgan fingerprint density at radius 2 is 1.91 bits per heavy atom. The number of rotatable bonds is 4. The highest BCUT2D eigenvalue weighted by Crippen LogP contribution is 2.32. The molecular formula is C19H22O4. The van der Waals surface area contributed by atoms with E-state index in [0.717, 1.165) is 35.1 Å². The van der Waals surface area contributed by atoms with Crippen molar-refractivity contribution < 1.29 is 13.9 Å². The molecule has 0 saturated heterocycles. The van der Waals surface area contributed by atoms with Crippen LogP contribution in [0.3, 0.4) is 0 Å². The van der Waals surface area contributed by atoms with Crippen LogP contribution in [-0.4, -0.2) is 11.9 Å². The summed E-state index contributed by atoms with van der Waals surface area (Å²) in [5.41, 5.74) is 2.27. The van der Waals surface area contributed by atoms with Crippen molar-refractivity contribution in [3.8, 4) is 5.75 Å². The average Bonchev–Trinajstić information content (AvgIpc) is 3.00. The van der Waals surface area contributed by atoms with Gasteiger partial charge in [-0.25, -0.2) is 4.79 Å². The van der Waals surface area contributed by atoms with Gasteiger partial charge in [-0.15, -0.1) is 0 Å². The Kier molecular flexibility index (Phi) is 4.24. The zero-order valence-corrected chi connectivity index (χ0v) is 13.9. The van der Waals surface area contributed by atoms with Crippen molar-refractivity contribution in [3.05, 3.63) is 39.2 Å². The maximum Gasteiger partial charge on any atom is 0.340 e. The second-order valence-corrected chi connectivity index (χ2v) is 6.46. The third kappa shape index (κ3) is 3.03. The minimum absolute atomic E-state index is 0.0438. The Balaban J connectivity index is 2.07. The number of hydrogen-bond donors (Lipinski definition) is 0. The molecule has 4 nitrogen and oxygen atoms in total. The van der Waals surface area contributed by atoms with Crippen molar-refractivity contribution in [2.45, 2.75) is 59.0 Å². The average molecular weight is 314 g/mol. The summed E-state index contributed by atoms with van der Waals surface area (Å²) in [6.45, 7) is 5.26. The van der Waals surface area contributed by atoms with E-state index in [4.69, 9.17) is 9.15 Å². The fraction of sp³-hybridized carbons (Fsp3) is 0.474. The molecule has 2 aromatic rings. The second kappa shape index (κ2) is 6.19. The quantitative estimate of drug-likeness (QED) is 0.804. The van der Waals surface area contributed by atoms with Crippen molar-refractivity contribution >= 4 is 16.8 Å². The van der Waals surface area contributed by atoms with E-state index in [1.165, 1.54) is 19.8 Å². The van der Waals surface area contributed by atoms with Crippen molar-refractivity contribution in [1.82, 2.24) is 0 Å². The molecule has 4 heteroatoms. The predicted octanol–water partition coefficient (Wildman–Crippen LogP) is 3.86. The number of carbonyl (C=O) groups is 1. The maximum absolute atomic E-state index is 12.2. The number of ketones is 1. The molecule has 0 radical (unpaired) electrons. The number of carbonyl (C=O) groups excluding carboxylic acids is 1. The summed E-state index contributed by atoms with van der Waals surface area (Å²) in [4.78, 5) is 23.6. The zero-order chi connectivity index (χ0) is 16.6. The van der Waals surface area contributed by atoms with Crippen LogP contribution in [0.5, 0.6) is 5.75 Å². The van der Waals surface area contributed by atoms with Crippen molar-refractivity contribution in [2.24, 2.45) is 0 Å². The topological polar surface area (TPSA) is 56.5 Å². The first-order chi connectivity index (χ1) is 11.0. The van der Waals surface area contributed by atoms with Gasteiger partial charge in [0.25, 0.3) is 0 Å². The molecule has 0 unspecified atom stereocenters. The normalized spacial score (nSPS) is 15.3. The van der Waals surface area contributed by atoms with Crippen LogP contribution in [0.4, 0.5) is 0 Å². The Morgan fingerprint density at radius 1 is 1.22 bits per heavy atom. The van der Waals surface area contributed by atoms with Crippen LogP contribution in [0, 0.1) is 13.8 Å². The molecule has 0 amide bonds. The van der Waals surface area contributed by atoms with Crippen LogP contribution in [0.25, 0.3) is 11.0 Å². The Labute approximate surface area is 135 Å². The number of aryl methyl sites for hydroxylation is 2. The maximum atomic E-state index is 12.2. The summed E-state index contributed by atoms with van der Waals surface area (Å²) in [5, 5.41) is 0.872. The third-order valence-electron chi connectivity index (χ3n) is 4.68. The molecule has 122 valence electrons. The first kappa shape index (κ1) is 15.8. The number of Topliss-reactive ketones (excluding diaryl/α,β-unsaturated/α-hetero) is 1. The van der Waals surface area contributed by atoms with E-state index in [0.29, 0.717) is 11.1 Å². The van der Waals surface area contributed by atoms with Gasteiger partial charge < -0.3 is 9.15 Å². The number of ether oxygens (including phenoxy) is 1. The van der Waals surface area contributed by atoms with Gasteiger partial charge in [0, 0.05) is 22.9 Å². The van der Waals surface area contributed by atoms with Crippen molar-refractivity contribution in [1.29, 1.82) is 0 Å². The monoisotopic (exact) mass is 314 g/mol. The zero-order valence-electron chi connectivity index (χ0n) is 13.9. The Morgan fingerprint density at radius 3 is 2.57 bits per heavy atom. The first-order valence-corrected chi connectivity index (χ1v) is 8.19. The van der Waals surface area contributed by atoms with E-state index in [2.05, 4.69) is 0 Å². The molecule has 1 aromatic carbocycles. The summed E-state index contributed by atoms with van der Waals surface area (Å²) in [6, 6.07) is 3.87. The number of fused-ring (bicyclic) bond motifs is 1. The molecule has 0 atom stereocenters. The van der Waals surface area contributed by atoms with E-state index >= 15 is 0 Å². The third-order valence-corrected chi connectivity index (χ3v) is 4.68. The highest BCUT2D eigenvalue weighted by Gasteiger charge is 2.20. The van der Waals surface area contributed by atoms with Gasteiger partial charge in [-0.2, -0.15) is 0 Å². The molecule has 1 aliphatic carbocycles.